The molecule has 0 amide bonds. The van der Waals surface area contributed by atoms with Gasteiger partial charge in [0.05, 0.1) is 7.11 Å². The first-order valence-electron chi connectivity index (χ1n) is 4.50. The highest BCUT2D eigenvalue weighted by molar-refractivity contribution is 6.30. The minimum atomic E-state index is 0.281. The van der Waals surface area contributed by atoms with Crippen LogP contribution in [0.25, 0.3) is 0 Å². The molecular formula is C11H14ClNO. The molecule has 0 aromatic carbocycles. The van der Waals surface area contributed by atoms with Crippen molar-refractivity contribution in [2.24, 2.45) is 0 Å². The molecule has 3 heteroatoms. The number of hydrogen-bond donors (Lipinski definition) is 0. The van der Waals surface area contributed by atoms with E-state index in [1.54, 1.807) is 13.3 Å². The molecule has 0 saturated heterocycles. The minimum absolute atomic E-state index is 0.281. The van der Waals surface area contributed by atoms with Gasteiger partial charge >= 0.3 is 0 Å². The van der Waals surface area contributed by atoms with E-state index < -0.39 is 0 Å². The monoisotopic (exact) mass is 211 g/mol. The van der Waals surface area contributed by atoms with Crippen molar-refractivity contribution in [3.05, 3.63) is 35.6 Å². The summed E-state index contributed by atoms with van der Waals surface area (Å²) in [7, 11) is 1.63. The fraction of sp³-hybridized carbons (Fsp3) is 0.364. The van der Waals surface area contributed by atoms with Gasteiger partial charge in [0.1, 0.15) is 10.9 Å². The third-order valence-corrected chi connectivity index (χ3v) is 2.44. The Balaban J connectivity index is 3.09. The second-order valence-electron chi connectivity index (χ2n) is 3.14. The highest BCUT2D eigenvalue weighted by Crippen LogP contribution is 2.33. The first-order chi connectivity index (χ1) is 6.70. The van der Waals surface area contributed by atoms with Crippen LogP contribution in [0.4, 0.5) is 0 Å². The topological polar surface area (TPSA) is 22.1 Å². The molecule has 0 radical (unpaired) electrons. The second-order valence-corrected chi connectivity index (χ2v) is 3.50. The summed E-state index contributed by atoms with van der Waals surface area (Å²) in [6, 6.07) is 1.82. The van der Waals surface area contributed by atoms with Crippen LogP contribution in [0, 0.1) is 0 Å². The number of methoxy groups -OCH3 is 1. The van der Waals surface area contributed by atoms with Crippen LogP contribution in [0.3, 0.4) is 0 Å². The Bertz CT molecular complexity index is 325. The SMILES string of the molecule is C=CC[C@H](C)c1c(OC)ccnc1Cl. The molecule has 14 heavy (non-hydrogen) atoms. The first-order valence-corrected chi connectivity index (χ1v) is 4.87. The predicted octanol–water partition coefficient (Wildman–Crippen LogP) is 3.42. The van der Waals surface area contributed by atoms with E-state index in [2.05, 4.69) is 18.5 Å². The highest BCUT2D eigenvalue weighted by atomic mass is 35.5. The molecule has 76 valence electrons. The number of allylic oxidation sites excluding steroid dienone is 1. The summed E-state index contributed by atoms with van der Waals surface area (Å²) in [4.78, 5) is 4.04. The van der Waals surface area contributed by atoms with E-state index in [0.29, 0.717) is 5.15 Å². The molecule has 1 aromatic heterocycles. The Morgan fingerprint density at radius 1 is 1.71 bits per heavy atom. The Morgan fingerprint density at radius 2 is 2.43 bits per heavy atom. The lowest BCUT2D eigenvalue weighted by Crippen LogP contribution is -1.99. The van der Waals surface area contributed by atoms with Crippen molar-refractivity contribution in [2.75, 3.05) is 7.11 Å². The summed E-state index contributed by atoms with van der Waals surface area (Å²) >= 11 is 6.01. The maximum absolute atomic E-state index is 6.01. The van der Waals surface area contributed by atoms with Gasteiger partial charge in [0.15, 0.2) is 0 Å². The van der Waals surface area contributed by atoms with Gasteiger partial charge in [-0.1, -0.05) is 24.6 Å². The van der Waals surface area contributed by atoms with Crippen LogP contribution in [0.5, 0.6) is 5.75 Å². The molecule has 0 spiro atoms. The third kappa shape index (κ3) is 2.26. The van der Waals surface area contributed by atoms with E-state index in [1.165, 1.54) is 0 Å². The molecule has 0 saturated carbocycles. The fourth-order valence-corrected chi connectivity index (χ4v) is 1.76. The molecular weight excluding hydrogens is 198 g/mol. The van der Waals surface area contributed by atoms with Crippen LogP contribution in [0.15, 0.2) is 24.9 Å². The largest absolute Gasteiger partial charge is 0.496 e. The van der Waals surface area contributed by atoms with Gasteiger partial charge in [-0.25, -0.2) is 4.98 Å². The molecule has 1 rings (SSSR count). The summed E-state index contributed by atoms with van der Waals surface area (Å²) in [6.45, 7) is 5.78. The standard InChI is InChI=1S/C11H14ClNO/c1-4-5-8(2)10-9(14-3)6-7-13-11(10)12/h4,6-8H,1,5H2,2-3H3/t8-/m0/s1. The molecule has 0 N–H and O–H groups in total. The number of pyridine rings is 1. The van der Waals surface area contributed by atoms with Gasteiger partial charge in [0.2, 0.25) is 0 Å². The Hall–Kier alpha value is -1.02. The van der Waals surface area contributed by atoms with Gasteiger partial charge < -0.3 is 4.74 Å². The highest BCUT2D eigenvalue weighted by Gasteiger charge is 2.14. The molecule has 2 nitrogen and oxygen atoms in total. The van der Waals surface area contributed by atoms with E-state index in [1.807, 2.05) is 12.1 Å². The lowest BCUT2D eigenvalue weighted by molar-refractivity contribution is 0.406. The Kier molecular flexibility index (Phi) is 3.96. The molecule has 1 heterocycles. The van der Waals surface area contributed by atoms with Gasteiger partial charge in [-0.05, 0) is 18.4 Å². The Morgan fingerprint density at radius 3 is 3.00 bits per heavy atom. The van der Waals surface area contributed by atoms with Crippen LogP contribution in [-0.2, 0) is 0 Å². The van der Waals surface area contributed by atoms with Gasteiger partial charge in [-0.2, -0.15) is 0 Å². The summed E-state index contributed by atoms with van der Waals surface area (Å²) in [5.41, 5.74) is 0.955. The van der Waals surface area contributed by atoms with Crippen molar-refractivity contribution in [1.82, 2.24) is 4.98 Å². The lowest BCUT2D eigenvalue weighted by Gasteiger charge is -2.14. The molecule has 0 aliphatic heterocycles. The quantitative estimate of drug-likeness (QED) is 0.563. The van der Waals surface area contributed by atoms with Crippen LogP contribution in [-0.4, -0.2) is 12.1 Å². The Labute approximate surface area is 89.6 Å². The van der Waals surface area contributed by atoms with Crippen LogP contribution in [0.2, 0.25) is 5.15 Å². The number of aromatic nitrogens is 1. The lowest BCUT2D eigenvalue weighted by atomic mass is 9.99. The minimum Gasteiger partial charge on any atom is -0.496 e. The van der Waals surface area contributed by atoms with E-state index in [9.17, 15) is 0 Å². The van der Waals surface area contributed by atoms with Gasteiger partial charge in [-0.3, -0.25) is 0 Å². The number of hydrogen-bond acceptors (Lipinski definition) is 2. The van der Waals surface area contributed by atoms with Crippen molar-refractivity contribution in [3.8, 4) is 5.75 Å². The normalized spacial score (nSPS) is 12.2. The van der Waals surface area contributed by atoms with E-state index >= 15 is 0 Å². The van der Waals surface area contributed by atoms with E-state index in [4.69, 9.17) is 16.3 Å². The zero-order chi connectivity index (χ0) is 10.6. The third-order valence-electron chi connectivity index (χ3n) is 2.13. The zero-order valence-electron chi connectivity index (χ0n) is 8.46. The summed E-state index contributed by atoms with van der Waals surface area (Å²) in [5.74, 6) is 1.07. The van der Waals surface area contributed by atoms with Crippen molar-refractivity contribution >= 4 is 11.6 Å². The van der Waals surface area contributed by atoms with Crippen LogP contribution < -0.4 is 4.74 Å². The number of rotatable bonds is 4. The van der Waals surface area contributed by atoms with Gasteiger partial charge in [0, 0.05) is 11.8 Å². The van der Waals surface area contributed by atoms with Crippen molar-refractivity contribution in [1.29, 1.82) is 0 Å². The summed E-state index contributed by atoms with van der Waals surface area (Å²) in [5, 5.41) is 0.513. The maximum atomic E-state index is 6.01. The summed E-state index contributed by atoms with van der Waals surface area (Å²) in [6.07, 6.45) is 4.38. The maximum Gasteiger partial charge on any atom is 0.136 e. The fourth-order valence-electron chi connectivity index (χ4n) is 1.42. The number of ether oxygens (including phenoxy) is 1. The molecule has 0 bridgehead atoms. The first kappa shape index (κ1) is 11.1. The average molecular weight is 212 g/mol. The van der Waals surface area contributed by atoms with E-state index in [-0.39, 0.29) is 5.92 Å². The van der Waals surface area contributed by atoms with Crippen LogP contribution in [0.1, 0.15) is 24.8 Å². The predicted molar refractivity (Wildman–Crippen MR) is 59.0 cm³/mol. The molecule has 0 fully saturated rings. The zero-order valence-corrected chi connectivity index (χ0v) is 9.21. The van der Waals surface area contributed by atoms with Crippen molar-refractivity contribution < 1.29 is 4.74 Å². The van der Waals surface area contributed by atoms with Crippen molar-refractivity contribution in [2.45, 2.75) is 19.3 Å². The van der Waals surface area contributed by atoms with Crippen LogP contribution >= 0.6 is 11.6 Å². The smallest absolute Gasteiger partial charge is 0.136 e. The second kappa shape index (κ2) is 5.01. The number of halogens is 1. The molecule has 1 atom stereocenters. The van der Waals surface area contributed by atoms with Gasteiger partial charge in [-0.15, -0.1) is 6.58 Å². The average Bonchev–Trinajstić information content (AvgIpc) is 2.17. The molecule has 1 aromatic rings. The molecule has 0 aliphatic rings. The molecule has 0 aliphatic carbocycles. The molecule has 0 unspecified atom stereocenters. The number of nitrogens with zero attached hydrogens (tertiary/aromatic N) is 1. The van der Waals surface area contributed by atoms with Crippen molar-refractivity contribution in [3.63, 3.8) is 0 Å². The summed E-state index contributed by atoms with van der Waals surface area (Å²) < 4.78 is 5.23. The van der Waals surface area contributed by atoms with Gasteiger partial charge in [0.25, 0.3) is 0 Å². The van der Waals surface area contributed by atoms with E-state index in [0.717, 1.165) is 17.7 Å².